The van der Waals surface area contributed by atoms with Gasteiger partial charge in [0.25, 0.3) is 5.91 Å². The molecule has 1 aromatic carbocycles. The monoisotopic (exact) mass is 327 g/mol. The molecule has 126 valence electrons. The van der Waals surface area contributed by atoms with Gasteiger partial charge < -0.3 is 14.4 Å². The van der Waals surface area contributed by atoms with Crippen molar-refractivity contribution in [1.82, 2.24) is 14.9 Å². The minimum atomic E-state index is -0.0967. The Balaban J connectivity index is 1.84. The van der Waals surface area contributed by atoms with Crippen LogP contribution in [0, 0.1) is 0 Å². The van der Waals surface area contributed by atoms with Gasteiger partial charge in [0.1, 0.15) is 5.69 Å². The summed E-state index contributed by atoms with van der Waals surface area (Å²) in [4.78, 5) is 22.4. The lowest BCUT2D eigenvalue weighted by Gasteiger charge is -2.29. The molecule has 0 aliphatic carbocycles. The lowest BCUT2D eigenvalue weighted by atomic mass is 9.98. The van der Waals surface area contributed by atoms with Gasteiger partial charge in [-0.25, -0.2) is 4.98 Å². The number of rotatable bonds is 5. The van der Waals surface area contributed by atoms with Gasteiger partial charge in [-0.15, -0.1) is 0 Å². The quantitative estimate of drug-likeness (QED) is 0.844. The molecule has 3 rings (SSSR count). The van der Waals surface area contributed by atoms with Gasteiger partial charge in [-0.1, -0.05) is 0 Å². The fourth-order valence-electron chi connectivity index (χ4n) is 2.85. The molecule has 6 heteroatoms. The van der Waals surface area contributed by atoms with Gasteiger partial charge in [0, 0.05) is 25.5 Å². The van der Waals surface area contributed by atoms with Crippen LogP contribution in [0.15, 0.2) is 30.7 Å². The van der Waals surface area contributed by atoms with E-state index in [9.17, 15) is 4.79 Å². The van der Waals surface area contributed by atoms with Gasteiger partial charge in [-0.3, -0.25) is 9.78 Å². The smallest absolute Gasteiger partial charge is 0.274 e. The highest BCUT2D eigenvalue weighted by atomic mass is 16.5. The van der Waals surface area contributed by atoms with E-state index in [0.29, 0.717) is 32.0 Å². The van der Waals surface area contributed by atoms with Gasteiger partial charge in [0.15, 0.2) is 11.5 Å². The second-order valence-electron chi connectivity index (χ2n) is 5.50. The Hall–Kier alpha value is -2.63. The van der Waals surface area contributed by atoms with Crippen molar-refractivity contribution in [2.24, 2.45) is 0 Å². The summed E-state index contributed by atoms with van der Waals surface area (Å²) in [5.74, 6) is 1.40. The van der Waals surface area contributed by atoms with Gasteiger partial charge in [-0.2, -0.15) is 0 Å². The maximum atomic E-state index is 12.6. The summed E-state index contributed by atoms with van der Waals surface area (Å²) in [7, 11) is 0. The van der Waals surface area contributed by atoms with Gasteiger partial charge in [-0.05, 0) is 43.5 Å². The predicted molar refractivity (Wildman–Crippen MR) is 89.3 cm³/mol. The highest BCUT2D eigenvalue weighted by Crippen LogP contribution is 2.34. The molecule has 1 aliphatic rings. The highest BCUT2D eigenvalue weighted by molar-refractivity contribution is 5.92. The number of carbonyl (C=O) groups excluding carboxylic acids is 1. The third kappa shape index (κ3) is 3.32. The molecule has 6 nitrogen and oxygen atoms in total. The van der Waals surface area contributed by atoms with Crippen LogP contribution in [-0.4, -0.2) is 40.5 Å². The van der Waals surface area contributed by atoms with Gasteiger partial charge >= 0.3 is 0 Å². The van der Waals surface area contributed by atoms with Crippen molar-refractivity contribution >= 4 is 5.91 Å². The average molecular weight is 327 g/mol. The summed E-state index contributed by atoms with van der Waals surface area (Å²) >= 11 is 0. The number of aromatic nitrogens is 2. The largest absolute Gasteiger partial charge is 0.490 e. The van der Waals surface area contributed by atoms with Crippen LogP contribution in [-0.2, 0) is 13.0 Å². The van der Waals surface area contributed by atoms with Crippen molar-refractivity contribution in [3.05, 3.63) is 47.5 Å². The van der Waals surface area contributed by atoms with E-state index in [1.54, 1.807) is 11.1 Å². The van der Waals surface area contributed by atoms with Crippen LogP contribution in [0.2, 0.25) is 0 Å². The maximum absolute atomic E-state index is 12.6. The summed E-state index contributed by atoms with van der Waals surface area (Å²) < 4.78 is 11.4. The van der Waals surface area contributed by atoms with Gasteiger partial charge in [0.05, 0.1) is 19.4 Å². The molecule has 0 spiro atoms. The molecular formula is C18H21N3O3. The summed E-state index contributed by atoms with van der Waals surface area (Å²) in [6.45, 7) is 6.26. The first kappa shape index (κ1) is 16.2. The first-order valence-electron chi connectivity index (χ1n) is 8.19. The molecule has 0 saturated carbocycles. The zero-order valence-electron chi connectivity index (χ0n) is 14.0. The lowest BCUT2D eigenvalue weighted by Crippen LogP contribution is -2.36. The number of amides is 1. The number of ether oxygens (including phenoxy) is 2. The van der Waals surface area contributed by atoms with E-state index in [0.717, 1.165) is 23.5 Å². The van der Waals surface area contributed by atoms with E-state index < -0.39 is 0 Å². The van der Waals surface area contributed by atoms with Crippen LogP contribution in [0.4, 0.5) is 0 Å². The Morgan fingerprint density at radius 3 is 2.46 bits per heavy atom. The minimum Gasteiger partial charge on any atom is -0.490 e. The van der Waals surface area contributed by atoms with E-state index in [1.807, 2.05) is 26.0 Å². The minimum absolute atomic E-state index is 0.0967. The fourth-order valence-corrected chi connectivity index (χ4v) is 2.85. The van der Waals surface area contributed by atoms with Crippen molar-refractivity contribution in [1.29, 1.82) is 0 Å². The Morgan fingerprint density at radius 1 is 1.12 bits per heavy atom. The number of carbonyl (C=O) groups is 1. The summed E-state index contributed by atoms with van der Waals surface area (Å²) in [6, 6.07) is 4.02. The van der Waals surface area contributed by atoms with Crippen LogP contribution < -0.4 is 9.47 Å². The summed E-state index contributed by atoms with van der Waals surface area (Å²) in [5.41, 5.74) is 2.66. The van der Waals surface area contributed by atoms with Crippen molar-refractivity contribution in [2.75, 3.05) is 19.8 Å². The molecule has 0 unspecified atom stereocenters. The summed E-state index contributed by atoms with van der Waals surface area (Å²) in [6.07, 6.45) is 5.38. The third-order valence-electron chi connectivity index (χ3n) is 3.95. The molecule has 0 radical (unpaired) electrons. The van der Waals surface area contributed by atoms with Crippen molar-refractivity contribution in [3.63, 3.8) is 0 Å². The molecular weight excluding hydrogens is 306 g/mol. The molecule has 0 N–H and O–H groups in total. The maximum Gasteiger partial charge on any atom is 0.274 e. The molecule has 0 bridgehead atoms. The number of hydrogen-bond donors (Lipinski definition) is 0. The first-order chi connectivity index (χ1) is 11.7. The van der Waals surface area contributed by atoms with E-state index in [-0.39, 0.29) is 5.91 Å². The van der Waals surface area contributed by atoms with Crippen LogP contribution in [0.3, 0.4) is 0 Å². The third-order valence-corrected chi connectivity index (χ3v) is 3.95. The first-order valence-corrected chi connectivity index (χ1v) is 8.19. The number of benzene rings is 1. The molecule has 2 heterocycles. The van der Waals surface area contributed by atoms with E-state index in [2.05, 4.69) is 9.97 Å². The molecule has 1 aliphatic heterocycles. The van der Waals surface area contributed by atoms with E-state index in [4.69, 9.17) is 9.47 Å². The number of hydrogen-bond acceptors (Lipinski definition) is 5. The molecule has 0 atom stereocenters. The summed E-state index contributed by atoms with van der Waals surface area (Å²) in [5, 5.41) is 0. The van der Waals surface area contributed by atoms with Crippen molar-refractivity contribution in [3.8, 4) is 11.5 Å². The van der Waals surface area contributed by atoms with Crippen LogP contribution in [0.5, 0.6) is 11.5 Å². The van der Waals surface area contributed by atoms with E-state index in [1.165, 1.54) is 18.0 Å². The van der Waals surface area contributed by atoms with Gasteiger partial charge in [0.2, 0.25) is 0 Å². The SMILES string of the molecule is CCOc1cc2c(cc1OCC)CN(C(=O)c1cnccn1)CC2. The Kier molecular flexibility index (Phi) is 4.93. The molecule has 0 fully saturated rings. The second kappa shape index (κ2) is 7.29. The molecule has 1 aromatic heterocycles. The lowest BCUT2D eigenvalue weighted by molar-refractivity contribution is 0.0728. The average Bonchev–Trinajstić information content (AvgIpc) is 2.62. The zero-order valence-corrected chi connectivity index (χ0v) is 14.0. The zero-order chi connectivity index (χ0) is 16.9. The molecule has 24 heavy (non-hydrogen) atoms. The molecule has 1 amide bonds. The van der Waals surface area contributed by atoms with Crippen molar-refractivity contribution in [2.45, 2.75) is 26.8 Å². The van der Waals surface area contributed by atoms with E-state index >= 15 is 0 Å². The molecule has 2 aromatic rings. The van der Waals surface area contributed by atoms with Crippen LogP contribution in [0.25, 0.3) is 0 Å². The Morgan fingerprint density at radius 2 is 1.83 bits per heavy atom. The molecule has 0 saturated heterocycles. The Labute approximate surface area is 141 Å². The van der Waals surface area contributed by atoms with Crippen molar-refractivity contribution < 1.29 is 14.3 Å². The predicted octanol–water partition coefficient (Wildman–Crippen LogP) is 2.47. The standard InChI is InChI=1S/C18H21N3O3/c1-3-23-16-9-13-5-8-21(12-14(13)10-17(16)24-4-2)18(22)15-11-19-6-7-20-15/h6-7,9-11H,3-5,8,12H2,1-2H3. The topological polar surface area (TPSA) is 64.6 Å². The fraction of sp³-hybridized carbons (Fsp3) is 0.389. The normalized spacial score (nSPS) is 13.3. The number of fused-ring (bicyclic) bond motifs is 1. The van der Waals surface area contributed by atoms with Crippen LogP contribution >= 0.6 is 0 Å². The highest BCUT2D eigenvalue weighted by Gasteiger charge is 2.24. The Bertz CT molecular complexity index is 719. The second-order valence-corrected chi connectivity index (χ2v) is 5.50. The number of nitrogens with zero attached hydrogens (tertiary/aromatic N) is 3. The van der Waals surface area contributed by atoms with Crippen LogP contribution in [0.1, 0.15) is 35.5 Å².